The molecule has 0 aliphatic heterocycles. The van der Waals surface area contributed by atoms with Crippen LogP contribution in [0.25, 0.3) is 0 Å². The lowest BCUT2D eigenvalue weighted by molar-refractivity contribution is 0.150. The molecule has 18 heavy (non-hydrogen) atoms. The van der Waals surface area contributed by atoms with Crippen molar-refractivity contribution in [3.05, 3.63) is 35.4 Å². The van der Waals surface area contributed by atoms with E-state index in [-0.39, 0.29) is 5.56 Å². The molecule has 1 rings (SSSR count). The van der Waals surface area contributed by atoms with Crippen LogP contribution in [0.4, 0.5) is 8.78 Å². The van der Waals surface area contributed by atoms with Crippen LogP contribution in [0.15, 0.2) is 24.3 Å². The molecule has 0 bridgehead atoms. The maximum Gasteiger partial charge on any atom is 0.263 e. The van der Waals surface area contributed by atoms with Crippen LogP contribution in [-0.2, 0) is 0 Å². The Labute approximate surface area is 108 Å². The van der Waals surface area contributed by atoms with E-state index in [1.54, 1.807) is 12.1 Å². The van der Waals surface area contributed by atoms with E-state index in [1.807, 2.05) is 0 Å². The third-order valence-corrected chi connectivity index (χ3v) is 3.15. The predicted octanol–water partition coefficient (Wildman–Crippen LogP) is 5.02. The minimum Gasteiger partial charge on any atom is -0.388 e. The third-order valence-electron chi connectivity index (χ3n) is 3.15. The molecule has 0 heterocycles. The summed E-state index contributed by atoms with van der Waals surface area (Å²) in [4.78, 5) is 0. The average Bonchev–Trinajstić information content (AvgIpc) is 2.38. The fourth-order valence-corrected chi connectivity index (χ4v) is 1.97. The van der Waals surface area contributed by atoms with Crippen LogP contribution in [0.3, 0.4) is 0 Å². The topological polar surface area (TPSA) is 20.2 Å². The van der Waals surface area contributed by atoms with E-state index in [1.165, 1.54) is 31.4 Å². The lowest BCUT2D eigenvalue weighted by atomic mass is 10.0. The number of rotatable bonds is 8. The van der Waals surface area contributed by atoms with E-state index < -0.39 is 12.5 Å². The first-order valence-corrected chi connectivity index (χ1v) is 6.71. The summed E-state index contributed by atoms with van der Waals surface area (Å²) in [5.74, 6) is 0. The first-order valence-electron chi connectivity index (χ1n) is 6.71. The van der Waals surface area contributed by atoms with Gasteiger partial charge in [-0.3, -0.25) is 0 Å². The van der Waals surface area contributed by atoms with Gasteiger partial charge in [-0.2, -0.15) is 0 Å². The van der Waals surface area contributed by atoms with Crippen LogP contribution < -0.4 is 0 Å². The molecule has 0 aliphatic carbocycles. The van der Waals surface area contributed by atoms with E-state index in [0.29, 0.717) is 6.42 Å². The molecule has 0 saturated carbocycles. The van der Waals surface area contributed by atoms with Crippen LogP contribution in [0.2, 0.25) is 0 Å². The van der Waals surface area contributed by atoms with Gasteiger partial charge in [0.15, 0.2) is 0 Å². The summed E-state index contributed by atoms with van der Waals surface area (Å²) in [5, 5.41) is 9.92. The summed E-state index contributed by atoms with van der Waals surface area (Å²) < 4.78 is 24.7. The highest BCUT2D eigenvalue weighted by atomic mass is 19.3. The third kappa shape index (κ3) is 5.13. The second kappa shape index (κ2) is 8.20. The van der Waals surface area contributed by atoms with Gasteiger partial charge in [-0.1, -0.05) is 63.3 Å². The Hall–Kier alpha value is -0.960. The second-order valence-corrected chi connectivity index (χ2v) is 4.69. The molecule has 102 valence electrons. The van der Waals surface area contributed by atoms with Crippen LogP contribution in [0.5, 0.6) is 0 Å². The van der Waals surface area contributed by atoms with Crippen LogP contribution >= 0.6 is 0 Å². The van der Waals surface area contributed by atoms with Gasteiger partial charge in [0, 0.05) is 5.56 Å². The van der Waals surface area contributed by atoms with Gasteiger partial charge in [-0.15, -0.1) is 0 Å². The molecular formula is C15H22F2O. The van der Waals surface area contributed by atoms with Gasteiger partial charge in [0.1, 0.15) is 0 Å². The van der Waals surface area contributed by atoms with E-state index >= 15 is 0 Å². The number of aliphatic hydroxyl groups excluding tert-OH is 1. The van der Waals surface area contributed by atoms with Gasteiger partial charge in [0.05, 0.1) is 6.10 Å². The summed E-state index contributed by atoms with van der Waals surface area (Å²) in [6, 6.07) is 5.97. The van der Waals surface area contributed by atoms with E-state index in [4.69, 9.17) is 0 Å². The van der Waals surface area contributed by atoms with Gasteiger partial charge in [-0.25, -0.2) is 8.78 Å². The van der Waals surface area contributed by atoms with Gasteiger partial charge >= 0.3 is 0 Å². The van der Waals surface area contributed by atoms with Crippen LogP contribution in [0.1, 0.15) is 69.1 Å². The van der Waals surface area contributed by atoms with Gasteiger partial charge < -0.3 is 5.11 Å². The minimum absolute atomic E-state index is 0.00824. The number of unbranched alkanes of at least 4 members (excludes halogenated alkanes) is 4. The summed E-state index contributed by atoms with van der Waals surface area (Å²) in [7, 11) is 0. The maximum absolute atomic E-state index is 12.4. The lowest BCUT2D eigenvalue weighted by Gasteiger charge is -2.11. The molecule has 0 aromatic heterocycles. The predicted molar refractivity (Wildman–Crippen MR) is 69.7 cm³/mol. The van der Waals surface area contributed by atoms with E-state index in [0.717, 1.165) is 18.4 Å². The Balaban J connectivity index is 2.34. The van der Waals surface area contributed by atoms with Crippen molar-refractivity contribution in [2.24, 2.45) is 0 Å². The van der Waals surface area contributed by atoms with Crippen molar-refractivity contribution in [1.29, 1.82) is 0 Å². The molecule has 1 nitrogen and oxygen atoms in total. The van der Waals surface area contributed by atoms with Crippen molar-refractivity contribution in [1.82, 2.24) is 0 Å². The fraction of sp³-hybridized carbons (Fsp3) is 0.600. The largest absolute Gasteiger partial charge is 0.388 e. The van der Waals surface area contributed by atoms with Crippen molar-refractivity contribution in [2.75, 3.05) is 0 Å². The number of aliphatic hydroxyl groups is 1. The maximum atomic E-state index is 12.4. The van der Waals surface area contributed by atoms with E-state index in [9.17, 15) is 13.9 Å². The van der Waals surface area contributed by atoms with Gasteiger partial charge in [0.25, 0.3) is 6.43 Å². The van der Waals surface area contributed by atoms with E-state index in [2.05, 4.69) is 6.92 Å². The highest BCUT2D eigenvalue weighted by Crippen LogP contribution is 2.24. The Bertz CT molecular complexity index is 322. The van der Waals surface area contributed by atoms with Crippen molar-refractivity contribution in [2.45, 2.75) is 58.0 Å². The molecule has 1 N–H and O–H groups in total. The highest BCUT2D eigenvalue weighted by Gasteiger charge is 2.10. The Kier molecular flexibility index (Phi) is 6.88. The second-order valence-electron chi connectivity index (χ2n) is 4.69. The number of hydrogen-bond donors (Lipinski definition) is 1. The zero-order valence-electron chi connectivity index (χ0n) is 10.9. The summed E-state index contributed by atoms with van der Waals surface area (Å²) in [6.45, 7) is 2.17. The molecule has 0 amide bonds. The summed E-state index contributed by atoms with van der Waals surface area (Å²) in [5.41, 5.74) is 0.740. The van der Waals surface area contributed by atoms with Crippen molar-refractivity contribution in [3.8, 4) is 0 Å². The lowest BCUT2D eigenvalue weighted by Crippen LogP contribution is -1.98. The van der Waals surface area contributed by atoms with Crippen LogP contribution in [-0.4, -0.2) is 5.11 Å². The summed E-state index contributed by atoms with van der Waals surface area (Å²) >= 11 is 0. The Morgan fingerprint density at radius 1 is 0.944 bits per heavy atom. The average molecular weight is 256 g/mol. The first-order chi connectivity index (χ1) is 8.65. The molecule has 1 unspecified atom stereocenters. The zero-order chi connectivity index (χ0) is 13.4. The minimum atomic E-state index is -2.44. The van der Waals surface area contributed by atoms with Gasteiger partial charge in [0.2, 0.25) is 0 Å². The molecule has 0 spiro atoms. The Morgan fingerprint density at radius 3 is 2.06 bits per heavy atom. The SMILES string of the molecule is CCCCCCCC(O)c1ccc(C(F)F)cc1. The fourth-order valence-electron chi connectivity index (χ4n) is 1.97. The molecule has 0 fully saturated rings. The zero-order valence-corrected chi connectivity index (χ0v) is 10.9. The number of alkyl halides is 2. The van der Waals surface area contributed by atoms with Crippen molar-refractivity contribution in [3.63, 3.8) is 0 Å². The molecule has 3 heteroatoms. The molecule has 1 aromatic rings. The first kappa shape index (κ1) is 15.1. The number of hydrogen-bond acceptors (Lipinski definition) is 1. The molecule has 0 radical (unpaired) electrons. The monoisotopic (exact) mass is 256 g/mol. The number of benzene rings is 1. The molecule has 1 atom stereocenters. The molecule has 0 aliphatic rings. The van der Waals surface area contributed by atoms with Gasteiger partial charge in [-0.05, 0) is 12.0 Å². The standard InChI is InChI=1S/C15H22F2O/c1-2-3-4-5-6-7-14(18)12-8-10-13(11-9-12)15(16)17/h8-11,14-15,18H,2-7H2,1H3. The smallest absolute Gasteiger partial charge is 0.263 e. The summed E-state index contributed by atoms with van der Waals surface area (Å²) in [6.07, 6.45) is 3.49. The molecule has 1 aromatic carbocycles. The Morgan fingerprint density at radius 2 is 1.50 bits per heavy atom. The molecular weight excluding hydrogens is 234 g/mol. The van der Waals surface area contributed by atoms with Crippen molar-refractivity contribution < 1.29 is 13.9 Å². The van der Waals surface area contributed by atoms with Crippen molar-refractivity contribution >= 4 is 0 Å². The van der Waals surface area contributed by atoms with Crippen LogP contribution in [0, 0.1) is 0 Å². The quantitative estimate of drug-likeness (QED) is 0.648. The highest BCUT2D eigenvalue weighted by molar-refractivity contribution is 5.24. The molecule has 0 saturated heterocycles. The number of halogens is 2. The normalized spacial score (nSPS) is 12.9.